The molecule has 18 heavy (non-hydrogen) atoms. The van der Waals surface area contributed by atoms with Gasteiger partial charge in [-0.25, -0.2) is 4.79 Å². The Kier molecular flexibility index (Phi) is 3.82. The lowest BCUT2D eigenvalue weighted by molar-refractivity contribution is 0.0269. The molecule has 5 nitrogen and oxygen atoms in total. The van der Waals surface area contributed by atoms with Crippen molar-refractivity contribution in [2.24, 2.45) is 17.6 Å². The zero-order valence-electron chi connectivity index (χ0n) is 11.6. The molecule has 0 bridgehead atoms. The van der Waals surface area contributed by atoms with Crippen LogP contribution in [0.15, 0.2) is 0 Å². The molecule has 1 saturated carbocycles. The topological polar surface area (TPSA) is 67.6 Å². The lowest BCUT2D eigenvalue weighted by Gasteiger charge is -2.26. The summed E-state index contributed by atoms with van der Waals surface area (Å²) >= 11 is 0. The minimum atomic E-state index is -0.400. The van der Waals surface area contributed by atoms with Crippen molar-refractivity contribution in [2.75, 3.05) is 26.2 Å². The van der Waals surface area contributed by atoms with Gasteiger partial charge >= 0.3 is 6.09 Å². The standard InChI is InChI=1S/C13H25N3O2/c1-13(2,3)18-12(17)16-7-9-10(8-16)11(9)15-6-4-5-14/h9-11,15H,4-8,14H2,1-3H3. The maximum Gasteiger partial charge on any atom is 0.410 e. The highest BCUT2D eigenvalue weighted by Gasteiger charge is 2.56. The molecule has 1 aliphatic carbocycles. The van der Waals surface area contributed by atoms with Gasteiger partial charge in [-0.3, -0.25) is 0 Å². The smallest absolute Gasteiger partial charge is 0.410 e. The van der Waals surface area contributed by atoms with E-state index in [2.05, 4.69) is 5.32 Å². The van der Waals surface area contributed by atoms with Crippen molar-refractivity contribution >= 4 is 6.09 Å². The van der Waals surface area contributed by atoms with Crippen LogP contribution in [0, 0.1) is 11.8 Å². The predicted octanol–water partition coefficient (Wildman–Crippen LogP) is 0.790. The summed E-state index contributed by atoms with van der Waals surface area (Å²) in [5, 5.41) is 3.51. The zero-order chi connectivity index (χ0) is 13.3. The number of piperidine rings is 1. The second-order valence-corrected chi connectivity index (χ2v) is 6.34. The molecule has 0 aromatic heterocycles. The summed E-state index contributed by atoms with van der Waals surface area (Å²) in [5.41, 5.74) is 5.06. The lowest BCUT2D eigenvalue weighted by atomic mass is 10.2. The van der Waals surface area contributed by atoms with Crippen molar-refractivity contribution in [3.63, 3.8) is 0 Å². The first-order chi connectivity index (χ1) is 8.42. The largest absolute Gasteiger partial charge is 0.444 e. The van der Waals surface area contributed by atoms with Gasteiger partial charge in [0.1, 0.15) is 5.60 Å². The van der Waals surface area contributed by atoms with Crippen molar-refractivity contribution in [2.45, 2.75) is 38.8 Å². The molecule has 1 saturated heterocycles. The highest BCUT2D eigenvalue weighted by molar-refractivity contribution is 5.69. The zero-order valence-corrected chi connectivity index (χ0v) is 11.6. The molecule has 1 heterocycles. The van der Waals surface area contributed by atoms with Gasteiger partial charge in [0.25, 0.3) is 0 Å². The number of amides is 1. The van der Waals surface area contributed by atoms with Gasteiger partial charge in [-0.2, -0.15) is 0 Å². The first-order valence-corrected chi connectivity index (χ1v) is 6.84. The summed E-state index contributed by atoms with van der Waals surface area (Å²) in [4.78, 5) is 13.7. The van der Waals surface area contributed by atoms with Crippen LogP contribution < -0.4 is 11.1 Å². The number of ether oxygens (including phenoxy) is 1. The summed E-state index contributed by atoms with van der Waals surface area (Å²) in [6.07, 6.45) is 0.849. The van der Waals surface area contributed by atoms with Crippen molar-refractivity contribution in [3.05, 3.63) is 0 Å². The summed E-state index contributed by atoms with van der Waals surface area (Å²) in [7, 11) is 0. The van der Waals surface area contributed by atoms with E-state index in [-0.39, 0.29) is 6.09 Å². The van der Waals surface area contributed by atoms with Crippen molar-refractivity contribution in [3.8, 4) is 0 Å². The van der Waals surface area contributed by atoms with Gasteiger partial charge in [-0.15, -0.1) is 0 Å². The summed E-state index contributed by atoms with van der Waals surface area (Å²) in [6.45, 7) is 9.09. The highest BCUT2D eigenvalue weighted by Crippen LogP contribution is 2.45. The second kappa shape index (κ2) is 5.05. The molecule has 5 heteroatoms. The number of nitrogens with zero attached hydrogens (tertiary/aromatic N) is 1. The number of nitrogens with two attached hydrogens (primary N) is 1. The van der Waals surface area contributed by atoms with Crippen LogP contribution in [0.25, 0.3) is 0 Å². The van der Waals surface area contributed by atoms with E-state index in [1.54, 1.807) is 0 Å². The highest BCUT2D eigenvalue weighted by atomic mass is 16.6. The Labute approximate surface area is 109 Å². The fourth-order valence-corrected chi connectivity index (χ4v) is 2.68. The van der Waals surface area contributed by atoms with Crippen LogP contribution in [-0.4, -0.2) is 48.8 Å². The Balaban J connectivity index is 1.69. The average Bonchev–Trinajstić information content (AvgIpc) is 2.72. The fourth-order valence-electron chi connectivity index (χ4n) is 2.68. The minimum Gasteiger partial charge on any atom is -0.444 e. The Morgan fingerprint density at radius 1 is 1.39 bits per heavy atom. The van der Waals surface area contributed by atoms with E-state index in [9.17, 15) is 4.79 Å². The molecular formula is C13H25N3O2. The third-order valence-electron chi connectivity index (χ3n) is 3.61. The van der Waals surface area contributed by atoms with Crippen LogP contribution in [-0.2, 0) is 4.74 Å². The Morgan fingerprint density at radius 3 is 2.50 bits per heavy atom. The summed E-state index contributed by atoms with van der Waals surface area (Å²) in [5.74, 6) is 1.24. The van der Waals surface area contributed by atoms with E-state index in [1.807, 2.05) is 25.7 Å². The first-order valence-electron chi connectivity index (χ1n) is 6.84. The molecule has 0 aromatic carbocycles. The van der Waals surface area contributed by atoms with Gasteiger partial charge in [0.2, 0.25) is 0 Å². The third kappa shape index (κ3) is 3.14. The summed E-state index contributed by atoms with van der Waals surface area (Å²) < 4.78 is 5.37. The Morgan fingerprint density at radius 2 is 2.00 bits per heavy atom. The molecular weight excluding hydrogens is 230 g/mol. The predicted molar refractivity (Wildman–Crippen MR) is 70.2 cm³/mol. The van der Waals surface area contributed by atoms with E-state index >= 15 is 0 Å². The molecule has 1 amide bonds. The van der Waals surface area contributed by atoms with Crippen molar-refractivity contribution in [1.29, 1.82) is 0 Å². The van der Waals surface area contributed by atoms with Gasteiger partial charge in [-0.05, 0) is 52.1 Å². The van der Waals surface area contributed by atoms with E-state index < -0.39 is 5.60 Å². The molecule has 104 valence electrons. The Hall–Kier alpha value is -0.810. The van der Waals surface area contributed by atoms with Crippen LogP contribution in [0.4, 0.5) is 4.79 Å². The number of rotatable bonds is 4. The first kappa shape index (κ1) is 13.6. The lowest BCUT2D eigenvalue weighted by Crippen LogP contribution is -2.39. The maximum absolute atomic E-state index is 11.9. The number of nitrogens with one attached hydrogen (secondary N) is 1. The van der Waals surface area contributed by atoms with Crippen LogP contribution in [0.5, 0.6) is 0 Å². The van der Waals surface area contributed by atoms with Gasteiger partial charge in [0.15, 0.2) is 0 Å². The third-order valence-corrected chi connectivity index (χ3v) is 3.61. The summed E-state index contributed by atoms with van der Waals surface area (Å²) in [6, 6.07) is 0.593. The number of hydrogen-bond donors (Lipinski definition) is 2. The molecule has 0 radical (unpaired) electrons. The molecule has 2 unspecified atom stereocenters. The van der Waals surface area contributed by atoms with Crippen LogP contribution in [0.1, 0.15) is 27.2 Å². The fraction of sp³-hybridized carbons (Fsp3) is 0.923. The Bertz CT molecular complexity index is 302. The van der Waals surface area contributed by atoms with E-state index in [1.165, 1.54) is 0 Å². The van der Waals surface area contributed by atoms with E-state index in [0.29, 0.717) is 17.9 Å². The van der Waals surface area contributed by atoms with Gasteiger partial charge in [0.05, 0.1) is 0 Å². The van der Waals surface area contributed by atoms with Gasteiger partial charge in [-0.1, -0.05) is 0 Å². The monoisotopic (exact) mass is 255 g/mol. The molecule has 0 spiro atoms. The molecule has 2 atom stereocenters. The van der Waals surface area contributed by atoms with Gasteiger partial charge < -0.3 is 20.7 Å². The minimum absolute atomic E-state index is 0.171. The SMILES string of the molecule is CC(C)(C)OC(=O)N1CC2C(C1)C2NCCCN. The van der Waals surface area contributed by atoms with E-state index in [0.717, 1.165) is 32.6 Å². The van der Waals surface area contributed by atoms with Crippen LogP contribution in [0.2, 0.25) is 0 Å². The van der Waals surface area contributed by atoms with Crippen molar-refractivity contribution < 1.29 is 9.53 Å². The average molecular weight is 255 g/mol. The van der Waals surface area contributed by atoms with Crippen molar-refractivity contribution in [1.82, 2.24) is 10.2 Å². The van der Waals surface area contributed by atoms with Gasteiger partial charge in [0, 0.05) is 19.1 Å². The quantitative estimate of drug-likeness (QED) is 0.729. The number of carbonyl (C=O) groups is 1. The molecule has 2 fully saturated rings. The molecule has 0 aromatic rings. The number of fused-ring (bicyclic) bond motifs is 1. The molecule has 3 N–H and O–H groups in total. The second-order valence-electron chi connectivity index (χ2n) is 6.34. The molecule has 1 aliphatic heterocycles. The maximum atomic E-state index is 11.9. The molecule has 2 aliphatic rings. The molecule has 2 rings (SSSR count). The number of hydrogen-bond acceptors (Lipinski definition) is 4. The number of likely N-dealkylation sites (tertiary alicyclic amines) is 1. The number of carbonyl (C=O) groups excluding carboxylic acids is 1. The van der Waals surface area contributed by atoms with Crippen LogP contribution >= 0.6 is 0 Å². The van der Waals surface area contributed by atoms with Crippen LogP contribution in [0.3, 0.4) is 0 Å². The van der Waals surface area contributed by atoms with E-state index in [4.69, 9.17) is 10.5 Å². The normalized spacial score (nSPS) is 30.2.